The molecule has 1 aliphatic heterocycles. The van der Waals surface area contributed by atoms with Gasteiger partial charge in [0.05, 0.1) is 28.3 Å². The Bertz CT molecular complexity index is 1910. The molecule has 0 amide bonds. The summed E-state index contributed by atoms with van der Waals surface area (Å²) in [7, 11) is -3.39. The molecule has 2 aromatic heterocycles. The van der Waals surface area contributed by atoms with Gasteiger partial charge >= 0.3 is 6.18 Å². The largest absolute Gasteiger partial charge is 0.417 e. The summed E-state index contributed by atoms with van der Waals surface area (Å²) in [5.74, 6) is 5.77. The fraction of sp³-hybridized carbons (Fsp3) is 0.310. The second-order valence-electron chi connectivity index (χ2n) is 10.4. The zero-order chi connectivity index (χ0) is 31.1. The van der Waals surface area contributed by atoms with Crippen LogP contribution in [0.5, 0.6) is 0 Å². The molecular formula is C29H26ClF3N6O3S. The maximum absolute atomic E-state index is 13.3. The fourth-order valence-electron chi connectivity index (χ4n) is 5.00. The van der Waals surface area contributed by atoms with Gasteiger partial charge in [0.1, 0.15) is 17.8 Å². The van der Waals surface area contributed by atoms with Crippen LogP contribution in [-0.2, 0) is 22.6 Å². The van der Waals surface area contributed by atoms with Crippen LogP contribution in [0.1, 0.15) is 57.2 Å². The normalized spacial score (nSPS) is 16.2. The summed E-state index contributed by atoms with van der Waals surface area (Å²) in [4.78, 5) is 21.3. The molecule has 43 heavy (non-hydrogen) atoms. The van der Waals surface area contributed by atoms with E-state index in [1.807, 2.05) is 6.92 Å². The molecule has 1 atom stereocenters. The number of aryl methyl sites for hydroxylation is 1. The molecule has 9 nitrogen and oxygen atoms in total. The van der Waals surface area contributed by atoms with Gasteiger partial charge in [-0.15, -0.1) is 0 Å². The number of nitrogens with two attached hydrogens (primary N) is 1. The van der Waals surface area contributed by atoms with Crippen molar-refractivity contribution in [3.05, 3.63) is 81.3 Å². The van der Waals surface area contributed by atoms with Gasteiger partial charge in [0, 0.05) is 30.6 Å². The Morgan fingerprint density at radius 1 is 1.16 bits per heavy atom. The van der Waals surface area contributed by atoms with Crippen LogP contribution in [0.15, 0.2) is 42.7 Å². The lowest BCUT2D eigenvalue weighted by molar-refractivity contribution is -0.137. The molecule has 0 spiro atoms. The van der Waals surface area contributed by atoms with E-state index in [4.69, 9.17) is 17.3 Å². The van der Waals surface area contributed by atoms with Gasteiger partial charge in [0.15, 0.2) is 11.4 Å². The molecule has 0 saturated carbocycles. The van der Waals surface area contributed by atoms with Gasteiger partial charge in [0.2, 0.25) is 10.0 Å². The topological polar surface area (TPSA) is 124 Å². The summed E-state index contributed by atoms with van der Waals surface area (Å²) < 4.78 is 67.2. The first kappa shape index (κ1) is 30.5. The minimum Gasteiger partial charge on any atom is -0.383 e. The molecule has 1 fully saturated rings. The molecule has 14 heteroatoms. The van der Waals surface area contributed by atoms with E-state index >= 15 is 0 Å². The van der Waals surface area contributed by atoms with Gasteiger partial charge in [-0.25, -0.2) is 27.4 Å². The van der Waals surface area contributed by atoms with Crippen molar-refractivity contribution >= 4 is 44.3 Å². The number of alkyl halides is 3. The van der Waals surface area contributed by atoms with Crippen molar-refractivity contribution in [3.8, 4) is 11.8 Å². The predicted molar refractivity (Wildman–Crippen MR) is 156 cm³/mol. The number of nitrogens with zero attached hydrogens (tertiary/aromatic N) is 5. The number of halogens is 4. The molecule has 0 aliphatic carbocycles. The maximum atomic E-state index is 13.3. The van der Waals surface area contributed by atoms with Crippen molar-refractivity contribution in [2.45, 2.75) is 38.4 Å². The molecule has 2 N–H and O–H groups in total. The van der Waals surface area contributed by atoms with Crippen LogP contribution in [0.3, 0.4) is 0 Å². The van der Waals surface area contributed by atoms with Crippen molar-refractivity contribution in [2.24, 2.45) is 0 Å². The molecule has 1 aliphatic rings. The highest BCUT2D eigenvalue weighted by Gasteiger charge is 2.34. The Morgan fingerprint density at radius 2 is 1.93 bits per heavy atom. The molecule has 1 unspecified atom stereocenters. The van der Waals surface area contributed by atoms with Crippen LogP contribution in [0.2, 0.25) is 5.02 Å². The second kappa shape index (κ2) is 11.6. The van der Waals surface area contributed by atoms with E-state index < -0.39 is 32.6 Å². The molecule has 5 rings (SSSR count). The van der Waals surface area contributed by atoms with Crippen LogP contribution >= 0.6 is 11.6 Å². The highest BCUT2D eigenvalue weighted by atomic mass is 35.5. The maximum Gasteiger partial charge on any atom is 0.417 e. The number of aromatic nitrogens is 4. The zero-order valence-electron chi connectivity index (χ0n) is 23.1. The third-order valence-electron chi connectivity index (χ3n) is 7.27. The van der Waals surface area contributed by atoms with Gasteiger partial charge in [-0.1, -0.05) is 29.7 Å². The highest BCUT2D eigenvalue weighted by molar-refractivity contribution is 7.88. The Morgan fingerprint density at radius 3 is 2.65 bits per heavy atom. The van der Waals surface area contributed by atoms with E-state index in [1.54, 1.807) is 22.9 Å². The number of piperidine rings is 1. The highest BCUT2D eigenvalue weighted by Crippen LogP contribution is 2.35. The van der Waals surface area contributed by atoms with Gasteiger partial charge in [-0.2, -0.15) is 18.3 Å². The second-order valence-corrected chi connectivity index (χ2v) is 12.7. The Labute approximate surface area is 250 Å². The fourth-order valence-corrected chi connectivity index (χ4v) is 6.13. The Balaban J connectivity index is 1.46. The number of hydrogen-bond donors (Lipinski definition) is 1. The number of Topliss-reactive ketones (excluding diaryl/α,β-unsaturated/α-hetero) is 1. The number of ketones is 1. The lowest BCUT2D eigenvalue weighted by Gasteiger charge is -2.31. The third-order valence-corrected chi connectivity index (χ3v) is 8.87. The van der Waals surface area contributed by atoms with Crippen LogP contribution in [0, 0.1) is 18.8 Å². The molecule has 3 heterocycles. The van der Waals surface area contributed by atoms with Gasteiger partial charge < -0.3 is 5.73 Å². The number of benzene rings is 2. The lowest BCUT2D eigenvalue weighted by Crippen LogP contribution is -2.40. The summed E-state index contributed by atoms with van der Waals surface area (Å²) in [6.45, 7) is 2.50. The summed E-state index contributed by atoms with van der Waals surface area (Å²) >= 11 is 5.69. The quantitative estimate of drug-likeness (QED) is 0.248. The van der Waals surface area contributed by atoms with Gasteiger partial charge in [-0.3, -0.25) is 4.79 Å². The first-order chi connectivity index (χ1) is 20.2. The number of carbonyl (C=O) groups excluding carboxylic acids is 1. The SMILES string of the molecule is Cc1ccc(CC(=O)c2ccc(Cl)c(C(F)(F)F)c2)cc1C#Cc1nn(C2CCCN(S(C)(=O)=O)C2)c2ncnc(N)c12. The van der Waals surface area contributed by atoms with Crippen molar-refractivity contribution in [1.82, 2.24) is 24.1 Å². The molecule has 224 valence electrons. The van der Waals surface area contributed by atoms with Gasteiger partial charge in [0.25, 0.3) is 0 Å². The first-order valence-electron chi connectivity index (χ1n) is 13.2. The van der Waals surface area contributed by atoms with Crippen molar-refractivity contribution < 1.29 is 26.4 Å². The number of sulfonamides is 1. The predicted octanol–water partition coefficient (Wildman–Crippen LogP) is 4.81. The molecular weight excluding hydrogens is 605 g/mol. The molecule has 1 saturated heterocycles. The summed E-state index contributed by atoms with van der Waals surface area (Å²) in [5.41, 5.74) is 7.71. The molecule has 4 aromatic rings. The lowest BCUT2D eigenvalue weighted by atomic mass is 9.98. The number of anilines is 1. The zero-order valence-corrected chi connectivity index (χ0v) is 24.7. The van der Waals surface area contributed by atoms with E-state index in [1.165, 1.54) is 23.0 Å². The smallest absolute Gasteiger partial charge is 0.383 e. The van der Waals surface area contributed by atoms with Crippen molar-refractivity contribution in [1.29, 1.82) is 0 Å². The number of rotatable bonds is 5. The third kappa shape index (κ3) is 6.51. The van der Waals surface area contributed by atoms with Crippen LogP contribution < -0.4 is 5.73 Å². The standard InChI is InChI=1S/C29H26ClF3N6O3S/c1-17-5-6-18(13-25(40)20-7-9-23(30)22(14-20)29(31,32)33)12-19(17)8-10-24-26-27(34)35-16-36-28(26)39(37-24)21-4-3-11-38(15-21)43(2,41)42/h5-7,9,12,14,16,21H,3-4,11,13,15H2,1-2H3,(H2,34,35,36). The average Bonchev–Trinajstić information content (AvgIpc) is 3.32. The van der Waals surface area contributed by atoms with E-state index in [-0.39, 0.29) is 30.4 Å². The number of fused-ring (bicyclic) bond motifs is 1. The van der Waals surface area contributed by atoms with E-state index in [9.17, 15) is 26.4 Å². The molecule has 0 bridgehead atoms. The number of carbonyl (C=O) groups is 1. The van der Waals surface area contributed by atoms with E-state index in [0.29, 0.717) is 47.2 Å². The first-order valence-corrected chi connectivity index (χ1v) is 15.4. The van der Waals surface area contributed by atoms with E-state index in [0.717, 1.165) is 17.7 Å². The number of hydrogen-bond acceptors (Lipinski definition) is 7. The molecule has 0 radical (unpaired) electrons. The minimum atomic E-state index is -4.68. The van der Waals surface area contributed by atoms with Crippen LogP contribution in [-0.4, -0.2) is 57.6 Å². The van der Waals surface area contributed by atoms with Crippen molar-refractivity contribution in [3.63, 3.8) is 0 Å². The average molecular weight is 631 g/mol. The van der Waals surface area contributed by atoms with E-state index in [2.05, 4.69) is 26.9 Å². The Hall–Kier alpha value is -3.99. The molecule has 2 aromatic carbocycles. The summed E-state index contributed by atoms with van der Waals surface area (Å²) in [5, 5.41) is 4.63. The van der Waals surface area contributed by atoms with Crippen LogP contribution in [0.25, 0.3) is 11.0 Å². The van der Waals surface area contributed by atoms with Gasteiger partial charge in [-0.05, 0) is 61.1 Å². The Kier molecular flexibility index (Phi) is 8.22. The monoisotopic (exact) mass is 630 g/mol. The van der Waals surface area contributed by atoms with Crippen molar-refractivity contribution in [2.75, 3.05) is 25.1 Å². The summed E-state index contributed by atoms with van der Waals surface area (Å²) in [6.07, 6.45) is -1.01. The minimum absolute atomic E-state index is 0.102. The van der Waals surface area contributed by atoms with Crippen LogP contribution in [0.4, 0.5) is 19.0 Å². The summed E-state index contributed by atoms with van der Waals surface area (Å²) in [6, 6.07) is 7.99. The number of nitrogen functional groups attached to an aromatic ring is 1.